The fourth-order valence-electron chi connectivity index (χ4n) is 1.94. The van der Waals surface area contributed by atoms with Gasteiger partial charge in [-0.05, 0) is 35.0 Å². The van der Waals surface area contributed by atoms with Crippen LogP contribution in [0.4, 0.5) is 5.13 Å². The molecule has 2 heterocycles. The van der Waals surface area contributed by atoms with Crippen LogP contribution in [0.15, 0.2) is 37.5 Å². The van der Waals surface area contributed by atoms with Crippen molar-refractivity contribution in [3.8, 4) is 0 Å². The predicted octanol–water partition coefficient (Wildman–Crippen LogP) is 3.95. The third-order valence-corrected chi connectivity index (χ3v) is 5.54. The van der Waals surface area contributed by atoms with Gasteiger partial charge in [0.2, 0.25) is 5.13 Å². The van der Waals surface area contributed by atoms with Crippen molar-refractivity contribution >= 4 is 67.0 Å². The third kappa shape index (κ3) is 4.39. The molecule has 0 saturated carbocycles. The minimum atomic E-state index is -0.416. The standard InChI is InChI=1S/C15H12BrN3O4S2/c1-2-22-11(20)7-24-15-19-18-14(25-15)17-13(21)10-6-8-4-3-5-9(16)12(8)23-10/h3-6H,2,7H2,1H3,(H,17,18,21). The number of nitrogens with zero attached hydrogens (tertiary/aromatic N) is 2. The second-order valence-electron chi connectivity index (χ2n) is 4.69. The minimum absolute atomic E-state index is 0.147. The van der Waals surface area contributed by atoms with E-state index in [1.54, 1.807) is 13.0 Å². The first-order valence-corrected chi connectivity index (χ1v) is 9.77. The van der Waals surface area contributed by atoms with Crippen LogP contribution in [0.2, 0.25) is 0 Å². The Morgan fingerprint density at radius 3 is 3.00 bits per heavy atom. The molecule has 130 valence electrons. The van der Waals surface area contributed by atoms with E-state index in [2.05, 4.69) is 31.4 Å². The molecule has 2 aromatic heterocycles. The monoisotopic (exact) mass is 441 g/mol. The number of carbonyl (C=O) groups excluding carboxylic acids is 2. The van der Waals surface area contributed by atoms with Gasteiger partial charge in [-0.25, -0.2) is 0 Å². The number of nitrogens with one attached hydrogen (secondary N) is 1. The van der Waals surface area contributed by atoms with Crippen molar-refractivity contribution in [2.24, 2.45) is 0 Å². The molecule has 1 amide bonds. The van der Waals surface area contributed by atoms with Gasteiger partial charge in [-0.1, -0.05) is 35.2 Å². The third-order valence-electron chi connectivity index (χ3n) is 2.97. The second-order valence-corrected chi connectivity index (χ2v) is 7.74. The van der Waals surface area contributed by atoms with Crippen LogP contribution in [-0.4, -0.2) is 34.4 Å². The topological polar surface area (TPSA) is 94.3 Å². The smallest absolute Gasteiger partial charge is 0.316 e. The Hall–Kier alpha value is -1.91. The number of halogens is 1. The molecule has 10 heteroatoms. The predicted molar refractivity (Wildman–Crippen MR) is 99.1 cm³/mol. The molecule has 0 aliphatic heterocycles. The fourth-order valence-corrected chi connectivity index (χ4v) is 3.95. The summed E-state index contributed by atoms with van der Waals surface area (Å²) in [7, 11) is 0. The first-order chi connectivity index (χ1) is 12.1. The average molecular weight is 442 g/mol. The van der Waals surface area contributed by atoms with Crippen molar-refractivity contribution in [1.82, 2.24) is 10.2 Å². The number of ether oxygens (including phenoxy) is 1. The number of benzene rings is 1. The van der Waals surface area contributed by atoms with Crippen molar-refractivity contribution in [3.63, 3.8) is 0 Å². The summed E-state index contributed by atoms with van der Waals surface area (Å²) < 4.78 is 11.8. The van der Waals surface area contributed by atoms with Gasteiger partial charge in [0, 0.05) is 5.39 Å². The number of furan rings is 1. The summed E-state index contributed by atoms with van der Waals surface area (Å²) in [4.78, 5) is 23.6. The summed E-state index contributed by atoms with van der Waals surface area (Å²) in [6.07, 6.45) is 0. The van der Waals surface area contributed by atoms with E-state index in [0.717, 1.165) is 9.86 Å². The highest BCUT2D eigenvalue weighted by Crippen LogP contribution is 2.29. The van der Waals surface area contributed by atoms with Crippen LogP contribution in [0, 0.1) is 0 Å². The quantitative estimate of drug-likeness (QED) is 0.351. The van der Waals surface area contributed by atoms with E-state index in [1.807, 2.05) is 18.2 Å². The van der Waals surface area contributed by atoms with Gasteiger partial charge in [-0.2, -0.15) is 0 Å². The molecule has 0 atom stereocenters. The molecule has 3 aromatic rings. The number of fused-ring (bicyclic) bond motifs is 1. The zero-order valence-electron chi connectivity index (χ0n) is 12.9. The van der Waals surface area contributed by atoms with Gasteiger partial charge in [0.15, 0.2) is 10.1 Å². The number of para-hydroxylation sites is 1. The van der Waals surface area contributed by atoms with Gasteiger partial charge < -0.3 is 9.15 Å². The number of esters is 1. The highest BCUT2D eigenvalue weighted by molar-refractivity contribution is 9.10. The molecule has 0 radical (unpaired) electrons. The number of hydrogen-bond donors (Lipinski definition) is 1. The lowest BCUT2D eigenvalue weighted by Gasteiger charge is -1.98. The summed E-state index contributed by atoms with van der Waals surface area (Å²) in [5, 5.41) is 11.6. The molecule has 0 bridgehead atoms. The van der Waals surface area contributed by atoms with Gasteiger partial charge in [-0.15, -0.1) is 10.2 Å². The second kappa shape index (κ2) is 7.98. The van der Waals surface area contributed by atoms with E-state index in [4.69, 9.17) is 9.15 Å². The summed E-state index contributed by atoms with van der Waals surface area (Å²) in [5.74, 6) is -0.409. The van der Waals surface area contributed by atoms with Gasteiger partial charge in [0.1, 0.15) is 5.58 Å². The van der Waals surface area contributed by atoms with Crippen molar-refractivity contribution in [3.05, 3.63) is 34.5 Å². The Labute approximate surface area is 159 Å². The van der Waals surface area contributed by atoms with Gasteiger partial charge >= 0.3 is 5.97 Å². The van der Waals surface area contributed by atoms with Crippen LogP contribution < -0.4 is 5.32 Å². The average Bonchev–Trinajstić information content (AvgIpc) is 3.21. The molecule has 0 saturated heterocycles. The van der Waals surface area contributed by atoms with E-state index in [1.165, 1.54) is 23.1 Å². The lowest BCUT2D eigenvalue weighted by molar-refractivity contribution is -0.139. The van der Waals surface area contributed by atoms with Crippen LogP contribution in [0.5, 0.6) is 0 Å². The molecule has 1 aromatic carbocycles. The van der Waals surface area contributed by atoms with E-state index in [9.17, 15) is 9.59 Å². The zero-order chi connectivity index (χ0) is 17.8. The maximum atomic E-state index is 12.3. The molecule has 1 N–H and O–H groups in total. The van der Waals surface area contributed by atoms with Crippen molar-refractivity contribution in [2.75, 3.05) is 17.7 Å². The first kappa shape index (κ1) is 17.9. The first-order valence-electron chi connectivity index (χ1n) is 7.18. The molecular formula is C15H12BrN3O4S2. The Morgan fingerprint density at radius 2 is 2.24 bits per heavy atom. The Morgan fingerprint density at radius 1 is 1.40 bits per heavy atom. The van der Waals surface area contributed by atoms with Crippen LogP contribution >= 0.6 is 39.0 Å². The minimum Gasteiger partial charge on any atom is -0.465 e. The van der Waals surface area contributed by atoms with Crippen molar-refractivity contribution in [2.45, 2.75) is 11.3 Å². The summed E-state index contributed by atoms with van der Waals surface area (Å²) in [6.45, 7) is 2.09. The summed E-state index contributed by atoms with van der Waals surface area (Å²) in [5.41, 5.74) is 0.607. The van der Waals surface area contributed by atoms with Crippen LogP contribution in [0.1, 0.15) is 17.5 Å². The number of thioether (sulfide) groups is 1. The fraction of sp³-hybridized carbons (Fsp3) is 0.200. The maximum Gasteiger partial charge on any atom is 0.316 e. The van der Waals surface area contributed by atoms with Gasteiger partial charge in [0.05, 0.1) is 16.8 Å². The lowest BCUT2D eigenvalue weighted by Crippen LogP contribution is -2.10. The number of anilines is 1. The SMILES string of the molecule is CCOC(=O)CSc1nnc(NC(=O)c2cc3cccc(Br)c3o2)s1. The van der Waals surface area contributed by atoms with Crippen molar-refractivity contribution in [1.29, 1.82) is 0 Å². The number of aromatic nitrogens is 2. The van der Waals surface area contributed by atoms with Crippen molar-refractivity contribution < 1.29 is 18.7 Å². The molecule has 3 rings (SSSR count). The number of amides is 1. The van der Waals surface area contributed by atoms with Crippen LogP contribution in [0.3, 0.4) is 0 Å². The molecule has 7 nitrogen and oxygen atoms in total. The molecule has 0 aliphatic carbocycles. The number of hydrogen-bond acceptors (Lipinski definition) is 8. The molecule has 0 unspecified atom stereocenters. The highest BCUT2D eigenvalue weighted by atomic mass is 79.9. The van der Waals surface area contributed by atoms with Gasteiger partial charge in [0.25, 0.3) is 5.91 Å². The zero-order valence-corrected chi connectivity index (χ0v) is 16.2. The van der Waals surface area contributed by atoms with Crippen LogP contribution in [-0.2, 0) is 9.53 Å². The molecule has 0 aliphatic rings. The number of rotatable bonds is 6. The summed E-state index contributed by atoms with van der Waals surface area (Å²) in [6, 6.07) is 7.22. The highest BCUT2D eigenvalue weighted by Gasteiger charge is 2.16. The lowest BCUT2D eigenvalue weighted by atomic mass is 10.2. The molecular weight excluding hydrogens is 430 g/mol. The van der Waals surface area contributed by atoms with E-state index >= 15 is 0 Å². The maximum absolute atomic E-state index is 12.3. The van der Waals surface area contributed by atoms with E-state index in [0.29, 0.717) is 21.7 Å². The van der Waals surface area contributed by atoms with Gasteiger partial charge in [-0.3, -0.25) is 14.9 Å². The largest absolute Gasteiger partial charge is 0.465 e. The number of carbonyl (C=O) groups is 2. The Kier molecular flexibility index (Phi) is 5.71. The Balaban J connectivity index is 1.64. The van der Waals surface area contributed by atoms with Crippen LogP contribution in [0.25, 0.3) is 11.0 Å². The molecule has 0 fully saturated rings. The normalized spacial score (nSPS) is 10.8. The van der Waals surface area contributed by atoms with E-state index < -0.39 is 5.91 Å². The molecule has 25 heavy (non-hydrogen) atoms. The van der Waals surface area contributed by atoms with E-state index in [-0.39, 0.29) is 17.5 Å². The summed E-state index contributed by atoms with van der Waals surface area (Å²) >= 11 is 5.77. The Bertz CT molecular complexity index is 925. The molecule has 0 spiro atoms.